The Kier molecular flexibility index (Phi) is 2.83. The topological polar surface area (TPSA) is 40.7 Å². The van der Waals surface area contributed by atoms with E-state index in [2.05, 4.69) is 36.1 Å². The zero-order chi connectivity index (χ0) is 10.9. The van der Waals surface area contributed by atoms with Crippen molar-refractivity contribution in [2.24, 2.45) is 11.3 Å². The average Bonchev–Trinajstić information content (AvgIpc) is 2.87. The number of H-pyrrole nitrogens is 1. The SMILES string of the molecule is Cc1[nH]cnc1CNCC1(C(C)C)CC1. The summed E-state index contributed by atoms with van der Waals surface area (Å²) in [5.74, 6) is 0.797. The van der Waals surface area contributed by atoms with E-state index in [1.807, 2.05) is 0 Å². The molecule has 3 nitrogen and oxygen atoms in total. The van der Waals surface area contributed by atoms with E-state index in [4.69, 9.17) is 0 Å². The third kappa shape index (κ3) is 2.23. The zero-order valence-corrected chi connectivity index (χ0v) is 9.93. The molecule has 84 valence electrons. The molecule has 0 amide bonds. The molecule has 0 aromatic carbocycles. The molecule has 2 rings (SSSR count). The quantitative estimate of drug-likeness (QED) is 0.777. The lowest BCUT2D eigenvalue weighted by atomic mass is 9.92. The van der Waals surface area contributed by atoms with Gasteiger partial charge >= 0.3 is 0 Å². The van der Waals surface area contributed by atoms with Crippen LogP contribution in [-0.2, 0) is 6.54 Å². The maximum Gasteiger partial charge on any atom is 0.0925 e. The van der Waals surface area contributed by atoms with Crippen LogP contribution in [0.25, 0.3) is 0 Å². The van der Waals surface area contributed by atoms with Crippen molar-refractivity contribution >= 4 is 0 Å². The second kappa shape index (κ2) is 3.97. The van der Waals surface area contributed by atoms with Crippen LogP contribution in [0.3, 0.4) is 0 Å². The first-order valence-electron chi connectivity index (χ1n) is 5.84. The third-order valence-corrected chi connectivity index (χ3v) is 3.82. The van der Waals surface area contributed by atoms with E-state index in [-0.39, 0.29) is 0 Å². The van der Waals surface area contributed by atoms with E-state index >= 15 is 0 Å². The molecule has 2 N–H and O–H groups in total. The first kappa shape index (κ1) is 10.7. The largest absolute Gasteiger partial charge is 0.348 e. The molecule has 1 fully saturated rings. The maximum atomic E-state index is 4.28. The minimum absolute atomic E-state index is 0.588. The van der Waals surface area contributed by atoms with Gasteiger partial charge in [-0.05, 0) is 31.1 Å². The minimum atomic E-state index is 0.588. The van der Waals surface area contributed by atoms with Crippen molar-refractivity contribution < 1.29 is 0 Å². The first-order chi connectivity index (χ1) is 7.14. The van der Waals surface area contributed by atoms with Crippen LogP contribution in [0.2, 0.25) is 0 Å². The van der Waals surface area contributed by atoms with Gasteiger partial charge < -0.3 is 10.3 Å². The highest BCUT2D eigenvalue weighted by molar-refractivity contribution is 5.08. The van der Waals surface area contributed by atoms with Crippen LogP contribution in [0.5, 0.6) is 0 Å². The van der Waals surface area contributed by atoms with Crippen LogP contribution in [0.4, 0.5) is 0 Å². The highest BCUT2D eigenvalue weighted by atomic mass is 15.0. The van der Waals surface area contributed by atoms with Crippen LogP contribution in [0, 0.1) is 18.3 Å². The minimum Gasteiger partial charge on any atom is -0.348 e. The van der Waals surface area contributed by atoms with Crippen molar-refractivity contribution in [1.82, 2.24) is 15.3 Å². The fraction of sp³-hybridized carbons (Fsp3) is 0.750. The van der Waals surface area contributed by atoms with Crippen LogP contribution in [0.15, 0.2) is 6.33 Å². The number of aryl methyl sites for hydroxylation is 1. The van der Waals surface area contributed by atoms with Gasteiger partial charge in [-0.2, -0.15) is 0 Å². The van der Waals surface area contributed by atoms with E-state index in [0.29, 0.717) is 5.41 Å². The second-order valence-corrected chi connectivity index (χ2v) is 5.09. The number of nitrogens with zero attached hydrogens (tertiary/aromatic N) is 1. The van der Waals surface area contributed by atoms with Gasteiger partial charge in [0, 0.05) is 18.8 Å². The summed E-state index contributed by atoms with van der Waals surface area (Å²) in [6.45, 7) is 8.75. The van der Waals surface area contributed by atoms with Crippen molar-refractivity contribution in [3.63, 3.8) is 0 Å². The highest BCUT2D eigenvalue weighted by Crippen LogP contribution is 2.51. The Labute approximate surface area is 91.7 Å². The molecule has 0 saturated heterocycles. The Morgan fingerprint density at radius 2 is 2.27 bits per heavy atom. The van der Waals surface area contributed by atoms with Crippen LogP contribution >= 0.6 is 0 Å². The van der Waals surface area contributed by atoms with E-state index in [1.165, 1.54) is 18.5 Å². The lowest BCUT2D eigenvalue weighted by Crippen LogP contribution is -2.27. The molecule has 1 saturated carbocycles. The fourth-order valence-electron chi connectivity index (χ4n) is 2.11. The van der Waals surface area contributed by atoms with E-state index in [0.717, 1.165) is 24.7 Å². The van der Waals surface area contributed by atoms with Crippen molar-refractivity contribution in [2.75, 3.05) is 6.54 Å². The molecule has 1 heterocycles. The number of hydrogen-bond donors (Lipinski definition) is 2. The first-order valence-corrected chi connectivity index (χ1v) is 5.84. The van der Waals surface area contributed by atoms with Crippen molar-refractivity contribution in [3.05, 3.63) is 17.7 Å². The fourth-order valence-corrected chi connectivity index (χ4v) is 2.11. The number of rotatable bonds is 5. The number of hydrogen-bond acceptors (Lipinski definition) is 2. The van der Waals surface area contributed by atoms with Gasteiger partial charge in [-0.15, -0.1) is 0 Å². The Balaban J connectivity index is 1.78. The van der Waals surface area contributed by atoms with E-state index in [9.17, 15) is 0 Å². The number of aromatic amines is 1. The molecule has 15 heavy (non-hydrogen) atoms. The number of aromatic nitrogens is 2. The Morgan fingerprint density at radius 3 is 2.73 bits per heavy atom. The highest BCUT2D eigenvalue weighted by Gasteiger charge is 2.44. The molecular weight excluding hydrogens is 186 g/mol. The molecule has 3 heteroatoms. The van der Waals surface area contributed by atoms with Gasteiger partial charge in [0.15, 0.2) is 0 Å². The van der Waals surface area contributed by atoms with Gasteiger partial charge in [0.05, 0.1) is 12.0 Å². The summed E-state index contributed by atoms with van der Waals surface area (Å²) in [7, 11) is 0. The molecule has 0 bridgehead atoms. The molecular formula is C12H21N3. The summed E-state index contributed by atoms with van der Waals surface area (Å²) in [4.78, 5) is 7.39. The summed E-state index contributed by atoms with van der Waals surface area (Å²) in [5, 5.41) is 3.53. The van der Waals surface area contributed by atoms with E-state index in [1.54, 1.807) is 6.33 Å². The van der Waals surface area contributed by atoms with Gasteiger partial charge in [-0.1, -0.05) is 13.8 Å². The molecule has 1 aromatic rings. The molecule has 0 atom stereocenters. The Hall–Kier alpha value is -0.830. The molecule has 0 radical (unpaired) electrons. The lowest BCUT2D eigenvalue weighted by Gasteiger charge is -2.19. The zero-order valence-electron chi connectivity index (χ0n) is 9.93. The standard InChI is InChI=1S/C12H21N3/c1-9(2)12(4-5-12)7-13-6-11-10(3)14-8-15-11/h8-9,13H,4-7H2,1-3H3,(H,14,15). The number of imidazole rings is 1. The average molecular weight is 207 g/mol. The summed E-state index contributed by atoms with van der Waals surface area (Å²) in [6.07, 6.45) is 4.54. The molecule has 1 aliphatic rings. The van der Waals surface area contributed by atoms with Gasteiger partial charge in [0.2, 0.25) is 0 Å². The van der Waals surface area contributed by atoms with Gasteiger partial charge in [-0.3, -0.25) is 0 Å². The normalized spacial score (nSPS) is 18.4. The summed E-state index contributed by atoms with van der Waals surface area (Å²) in [5.41, 5.74) is 2.91. The predicted octanol–water partition coefficient (Wildman–Crippen LogP) is 2.24. The van der Waals surface area contributed by atoms with Crippen LogP contribution < -0.4 is 5.32 Å². The van der Waals surface area contributed by atoms with Gasteiger partial charge in [0.1, 0.15) is 0 Å². The smallest absolute Gasteiger partial charge is 0.0925 e. The molecule has 1 aromatic heterocycles. The predicted molar refractivity (Wildman–Crippen MR) is 61.5 cm³/mol. The maximum absolute atomic E-state index is 4.28. The Morgan fingerprint density at radius 1 is 1.53 bits per heavy atom. The van der Waals surface area contributed by atoms with E-state index < -0.39 is 0 Å². The summed E-state index contributed by atoms with van der Waals surface area (Å²) < 4.78 is 0. The molecule has 0 unspecified atom stereocenters. The second-order valence-electron chi connectivity index (χ2n) is 5.09. The lowest BCUT2D eigenvalue weighted by molar-refractivity contribution is 0.337. The number of nitrogens with one attached hydrogen (secondary N) is 2. The third-order valence-electron chi connectivity index (χ3n) is 3.82. The molecule has 0 spiro atoms. The summed E-state index contributed by atoms with van der Waals surface area (Å²) in [6, 6.07) is 0. The van der Waals surface area contributed by atoms with Crippen molar-refractivity contribution in [1.29, 1.82) is 0 Å². The summed E-state index contributed by atoms with van der Waals surface area (Å²) >= 11 is 0. The van der Waals surface area contributed by atoms with Crippen molar-refractivity contribution in [2.45, 2.75) is 40.2 Å². The van der Waals surface area contributed by atoms with Gasteiger partial charge in [0.25, 0.3) is 0 Å². The van der Waals surface area contributed by atoms with Crippen molar-refractivity contribution in [3.8, 4) is 0 Å². The molecule has 0 aliphatic heterocycles. The van der Waals surface area contributed by atoms with Crippen LogP contribution in [-0.4, -0.2) is 16.5 Å². The monoisotopic (exact) mass is 207 g/mol. The van der Waals surface area contributed by atoms with Crippen LogP contribution in [0.1, 0.15) is 38.1 Å². The molecule has 1 aliphatic carbocycles. The van der Waals surface area contributed by atoms with Gasteiger partial charge in [-0.25, -0.2) is 4.98 Å². The Bertz CT molecular complexity index is 323.